The number of aryl methyl sites for hydroxylation is 1. The van der Waals surface area contributed by atoms with Crippen LogP contribution in [-0.2, 0) is 14.3 Å². The summed E-state index contributed by atoms with van der Waals surface area (Å²) >= 11 is 2.88. The molecule has 0 aliphatic carbocycles. The number of hydrogen-bond acceptors (Lipinski definition) is 7. The number of nitrogens with one attached hydrogen (secondary N) is 1. The zero-order chi connectivity index (χ0) is 20.8. The zero-order valence-corrected chi connectivity index (χ0v) is 17.5. The van der Waals surface area contributed by atoms with E-state index in [-0.39, 0.29) is 18.1 Å². The molecule has 0 fully saturated rings. The average molecular weight is 430 g/mol. The topological polar surface area (TPSA) is 88.6 Å². The second-order valence-corrected chi connectivity index (χ2v) is 7.93. The van der Waals surface area contributed by atoms with Gasteiger partial charge in [0.2, 0.25) is 5.91 Å². The van der Waals surface area contributed by atoms with Crippen LogP contribution >= 0.6 is 22.7 Å². The van der Waals surface area contributed by atoms with Gasteiger partial charge >= 0.3 is 5.97 Å². The van der Waals surface area contributed by atoms with Gasteiger partial charge in [-0.25, -0.2) is 9.78 Å². The van der Waals surface area contributed by atoms with Gasteiger partial charge in [0.25, 0.3) is 5.91 Å². The molecule has 0 saturated heterocycles. The van der Waals surface area contributed by atoms with Gasteiger partial charge in [0, 0.05) is 29.1 Å². The first kappa shape index (κ1) is 20.7. The van der Waals surface area contributed by atoms with E-state index in [0.717, 1.165) is 16.1 Å². The van der Waals surface area contributed by atoms with Gasteiger partial charge in [0.1, 0.15) is 5.01 Å². The van der Waals surface area contributed by atoms with Crippen LogP contribution in [0, 0.1) is 6.92 Å². The Morgan fingerprint density at radius 3 is 2.59 bits per heavy atom. The molecule has 150 valence electrons. The molecule has 0 atom stereocenters. The predicted molar refractivity (Wildman–Crippen MR) is 113 cm³/mol. The Hall–Kier alpha value is -3.04. The van der Waals surface area contributed by atoms with Crippen LogP contribution in [0.1, 0.15) is 16.1 Å². The summed E-state index contributed by atoms with van der Waals surface area (Å²) < 4.78 is 5.04. The van der Waals surface area contributed by atoms with E-state index in [0.29, 0.717) is 5.69 Å². The standard InChI is InChI=1S/C20H19N3O4S2/c1-13-3-5-15(6-4-13)21-17(24)9-23(2)18(25)10-27-20(26)16-12-29-19(22-16)14-7-8-28-11-14/h3-8,11-12H,9-10H2,1-2H3,(H,21,24). The average Bonchev–Trinajstić information content (AvgIpc) is 3.39. The van der Waals surface area contributed by atoms with Crippen molar-refractivity contribution in [3.63, 3.8) is 0 Å². The highest BCUT2D eigenvalue weighted by atomic mass is 32.1. The largest absolute Gasteiger partial charge is 0.451 e. The van der Waals surface area contributed by atoms with Crippen molar-refractivity contribution in [2.45, 2.75) is 6.92 Å². The molecule has 0 bridgehead atoms. The van der Waals surface area contributed by atoms with Crippen molar-refractivity contribution in [2.75, 3.05) is 25.5 Å². The van der Waals surface area contributed by atoms with Gasteiger partial charge in [-0.15, -0.1) is 11.3 Å². The Morgan fingerprint density at radius 2 is 1.90 bits per heavy atom. The fourth-order valence-corrected chi connectivity index (χ4v) is 3.84. The highest BCUT2D eigenvalue weighted by molar-refractivity contribution is 7.14. The summed E-state index contributed by atoms with van der Waals surface area (Å²) in [6.45, 7) is 1.34. The Balaban J connectivity index is 1.46. The number of ether oxygens (including phenoxy) is 1. The molecular weight excluding hydrogens is 410 g/mol. The van der Waals surface area contributed by atoms with Gasteiger partial charge in [-0.3, -0.25) is 9.59 Å². The van der Waals surface area contributed by atoms with Crippen LogP contribution < -0.4 is 5.32 Å². The minimum atomic E-state index is -0.673. The van der Waals surface area contributed by atoms with E-state index in [4.69, 9.17) is 4.74 Å². The number of carbonyl (C=O) groups is 3. The highest BCUT2D eigenvalue weighted by Gasteiger charge is 2.18. The smallest absolute Gasteiger partial charge is 0.358 e. The molecule has 29 heavy (non-hydrogen) atoms. The maximum atomic E-state index is 12.2. The molecule has 7 nitrogen and oxygen atoms in total. The van der Waals surface area contributed by atoms with Gasteiger partial charge in [-0.2, -0.15) is 11.3 Å². The van der Waals surface area contributed by atoms with E-state index < -0.39 is 18.5 Å². The molecular formula is C20H19N3O4S2. The number of benzene rings is 1. The molecule has 0 unspecified atom stereocenters. The first-order valence-corrected chi connectivity index (χ1v) is 10.5. The van der Waals surface area contributed by atoms with Gasteiger partial charge < -0.3 is 15.0 Å². The first-order valence-electron chi connectivity index (χ1n) is 8.68. The SMILES string of the molecule is Cc1ccc(NC(=O)CN(C)C(=O)COC(=O)c2csc(-c3ccsc3)n2)cc1. The number of likely N-dealkylation sites (N-methyl/N-ethyl adjacent to an activating group) is 1. The van der Waals surface area contributed by atoms with Crippen LogP contribution in [-0.4, -0.2) is 47.9 Å². The fourth-order valence-electron chi connectivity index (χ4n) is 2.34. The Kier molecular flexibility index (Phi) is 6.73. The summed E-state index contributed by atoms with van der Waals surface area (Å²) in [6, 6.07) is 9.25. The molecule has 0 radical (unpaired) electrons. The first-order chi connectivity index (χ1) is 13.9. The molecule has 1 aromatic carbocycles. The van der Waals surface area contributed by atoms with Crippen molar-refractivity contribution in [3.8, 4) is 10.6 Å². The number of esters is 1. The molecule has 1 N–H and O–H groups in total. The predicted octanol–water partition coefficient (Wildman–Crippen LogP) is 3.43. The Bertz CT molecular complexity index is 997. The van der Waals surface area contributed by atoms with Gasteiger partial charge in [0.15, 0.2) is 12.3 Å². The third kappa shape index (κ3) is 5.72. The fraction of sp³-hybridized carbons (Fsp3) is 0.200. The second-order valence-electron chi connectivity index (χ2n) is 6.29. The molecule has 2 aromatic heterocycles. The number of nitrogens with zero attached hydrogens (tertiary/aromatic N) is 2. The van der Waals surface area contributed by atoms with E-state index in [9.17, 15) is 14.4 Å². The lowest BCUT2D eigenvalue weighted by Crippen LogP contribution is -2.37. The summed E-state index contributed by atoms with van der Waals surface area (Å²) in [5.74, 6) is -1.49. The maximum absolute atomic E-state index is 12.2. The maximum Gasteiger partial charge on any atom is 0.358 e. The third-order valence-electron chi connectivity index (χ3n) is 3.95. The number of thiazole rings is 1. The van der Waals surface area contributed by atoms with Gasteiger partial charge in [-0.1, -0.05) is 17.7 Å². The molecule has 3 aromatic rings. The monoisotopic (exact) mass is 429 g/mol. The molecule has 9 heteroatoms. The highest BCUT2D eigenvalue weighted by Crippen LogP contribution is 2.25. The van der Waals surface area contributed by atoms with E-state index in [2.05, 4.69) is 10.3 Å². The summed E-state index contributed by atoms with van der Waals surface area (Å²) in [6.07, 6.45) is 0. The number of aromatic nitrogens is 1. The van der Waals surface area contributed by atoms with Gasteiger partial charge in [-0.05, 0) is 30.5 Å². The number of anilines is 1. The number of rotatable bonds is 7. The van der Waals surface area contributed by atoms with Crippen molar-refractivity contribution in [1.82, 2.24) is 9.88 Å². The number of amides is 2. The van der Waals surface area contributed by atoms with E-state index in [1.807, 2.05) is 35.9 Å². The van der Waals surface area contributed by atoms with Crippen LogP contribution in [0.2, 0.25) is 0 Å². The van der Waals surface area contributed by atoms with E-state index >= 15 is 0 Å². The zero-order valence-electron chi connectivity index (χ0n) is 15.9. The molecule has 2 amide bonds. The van der Waals surface area contributed by atoms with Crippen molar-refractivity contribution in [1.29, 1.82) is 0 Å². The summed E-state index contributed by atoms with van der Waals surface area (Å²) in [5, 5.41) is 8.89. The van der Waals surface area contributed by atoms with E-state index in [1.165, 1.54) is 23.3 Å². The van der Waals surface area contributed by atoms with Crippen LogP contribution in [0.25, 0.3) is 10.6 Å². The van der Waals surface area contributed by atoms with Crippen molar-refractivity contribution >= 4 is 46.1 Å². The number of carbonyl (C=O) groups excluding carboxylic acids is 3. The molecule has 3 rings (SSSR count). The van der Waals surface area contributed by atoms with Crippen molar-refractivity contribution in [3.05, 3.63) is 57.7 Å². The molecule has 0 spiro atoms. The molecule has 0 saturated carbocycles. The minimum Gasteiger partial charge on any atom is -0.451 e. The normalized spacial score (nSPS) is 10.4. The van der Waals surface area contributed by atoms with Crippen LogP contribution in [0.4, 0.5) is 5.69 Å². The summed E-state index contributed by atoms with van der Waals surface area (Å²) in [4.78, 5) is 41.8. The lowest BCUT2D eigenvalue weighted by molar-refractivity contribution is -0.136. The van der Waals surface area contributed by atoms with Crippen LogP contribution in [0.15, 0.2) is 46.5 Å². The molecule has 2 heterocycles. The van der Waals surface area contributed by atoms with Gasteiger partial charge in [0.05, 0.1) is 6.54 Å². The van der Waals surface area contributed by atoms with E-state index in [1.54, 1.807) is 28.8 Å². The van der Waals surface area contributed by atoms with Crippen molar-refractivity contribution < 1.29 is 19.1 Å². The number of thiophene rings is 1. The van der Waals surface area contributed by atoms with Crippen LogP contribution in [0.5, 0.6) is 0 Å². The minimum absolute atomic E-state index is 0.150. The Morgan fingerprint density at radius 1 is 1.14 bits per heavy atom. The lowest BCUT2D eigenvalue weighted by Gasteiger charge is -2.16. The molecule has 0 aliphatic rings. The molecule has 0 aliphatic heterocycles. The lowest BCUT2D eigenvalue weighted by atomic mass is 10.2. The second kappa shape index (κ2) is 9.44. The quantitative estimate of drug-likeness (QED) is 0.581. The van der Waals surface area contributed by atoms with Crippen molar-refractivity contribution in [2.24, 2.45) is 0 Å². The summed E-state index contributed by atoms with van der Waals surface area (Å²) in [5.41, 5.74) is 2.83. The number of hydrogen-bond donors (Lipinski definition) is 1. The summed E-state index contributed by atoms with van der Waals surface area (Å²) in [7, 11) is 1.47. The third-order valence-corrected chi connectivity index (χ3v) is 5.52. The van der Waals surface area contributed by atoms with Crippen LogP contribution in [0.3, 0.4) is 0 Å². The Labute approximate surface area is 176 Å².